The van der Waals surface area contributed by atoms with E-state index < -0.39 is 38.3 Å². The summed E-state index contributed by atoms with van der Waals surface area (Å²) < 4.78 is 70.1. The molecule has 0 saturated carbocycles. The van der Waals surface area contributed by atoms with Crippen molar-refractivity contribution in [3.63, 3.8) is 0 Å². The van der Waals surface area contributed by atoms with E-state index in [1.807, 2.05) is 13.0 Å². The topological polar surface area (TPSA) is 84.3 Å². The van der Waals surface area contributed by atoms with E-state index in [9.17, 15) is 26.4 Å². The SMILES string of the molecule is Cc1cc(C)n(-c2ccc(NC(=O)C3CCN(S(=O)(=O)c4cc(F)ccc4F)CC3)cc2F)n1. The number of aromatic nitrogens is 2. The number of carbonyl (C=O) groups is 1. The van der Waals surface area contributed by atoms with Crippen molar-refractivity contribution < 1.29 is 26.4 Å². The number of hydrogen-bond acceptors (Lipinski definition) is 4. The van der Waals surface area contributed by atoms with E-state index in [0.717, 1.165) is 27.8 Å². The van der Waals surface area contributed by atoms with Crippen LogP contribution in [0.25, 0.3) is 5.69 Å². The van der Waals surface area contributed by atoms with Gasteiger partial charge in [-0.15, -0.1) is 0 Å². The van der Waals surface area contributed by atoms with E-state index in [1.54, 1.807) is 13.0 Å². The first-order valence-electron chi connectivity index (χ1n) is 10.7. The molecule has 0 atom stereocenters. The molecular formula is C23H23F3N4O3S. The highest BCUT2D eigenvalue weighted by Gasteiger charge is 2.34. The molecule has 1 amide bonds. The van der Waals surface area contributed by atoms with Crippen molar-refractivity contribution in [1.82, 2.24) is 14.1 Å². The Labute approximate surface area is 195 Å². The number of nitrogens with zero attached hydrogens (tertiary/aromatic N) is 3. The van der Waals surface area contributed by atoms with Crippen LogP contribution in [0.5, 0.6) is 0 Å². The van der Waals surface area contributed by atoms with Gasteiger partial charge in [0.2, 0.25) is 15.9 Å². The van der Waals surface area contributed by atoms with Crippen LogP contribution in [0.15, 0.2) is 47.4 Å². The summed E-state index contributed by atoms with van der Waals surface area (Å²) >= 11 is 0. The lowest BCUT2D eigenvalue weighted by Crippen LogP contribution is -2.41. The van der Waals surface area contributed by atoms with Gasteiger partial charge in [-0.1, -0.05) is 0 Å². The van der Waals surface area contributed by atoms with Crippen LogP contribution in [0.4, 0.5) is 18.9 Å². The van der Waals surface area contributed by atoms with Gasteiger partial charge in [-0.05, 0) is 69.2 Å². The zero-order valence-corrected chi connectivity index (χ0v) is 19.4. The summed E-state index contributed by atoms with van der Waals surface area (Å²) in [5.74, 6) is -3.32. The van der Waals surface area contributed by atoms with Gasteiger partial charge in [0.25, 0.3) is 0 Å². The molecule has 0 unspecified atom stereocenters. The van der Waals surface area contributed by atoms with Crippen molar-refractivity contribution in [1.29, 1.82) is 0 Å². The predicted molar refractivity (Wildman–Crippen MR) is 119 cm³/mol. The lowest BCUT2D eigenvalue weighted by molar-refractivity contribution is -0.120. The second-order valence-electron chi connectivity index (χ2n) is 8.25. The Bertz CT molecular complexity index is 1350. The summed E-state index contributed by atoms with van der Waals surface area (Å²) in [4.78, 5) is 12.0. The van der Waals surface area contributed by atoms with Crippen molar-refractivity contribution in [2.45, 2.75) is 31.6 Å². The minimum absolute atomic E-state index is 0.0262. The summed E-state index contributed by atoms with van der Waals surface area (Å²) in [6.07, 6.45) is 0.378. The molecule has 1 aliphatic heterocycles. The summed E-state index contributed by atoms with van der Waals surface area (Å²) in [6, 6.07) is 8.37. The Morgan fingerprint density at radius 1 is 1.00 bits per heavy atom. The molecule has 3 aromatic rings. The number of aryl methyl sites for hydroxylation is 2. The number of sulfonamides is 1. The molecule has 4 rings (SSSR count). The number of rotatable bonds is 5. The number of amides is 1. The second kappa shape index (κ2) is 9.22. The smallest absolute Gasteiger partial charge is 0.246 e. The Morgan fingerprint density at radius 3 is 2.32 bits per heavy atom. The lowest BCUT2D eigenvalue weighted by Gasteiger charge is -2.30. The van der Waals surface area contributed by atoms with Crippen molar-refractivity contribution in [3.8, 4) is 5.69 Å². The van der Waals surface area contributed by atoms with E-state index in [-0.39, 0.29) is 43.2 Å². The minimum atomic E-state index is -4.23. The third kappa shape index (κ3) is 4.71. The van der Waals surface area contributed by atoms with Gasteiger partial charge in [0.15, 0.2) is 5.82 Å². The molecule has 0 spiro atoms. The fourth-order valence-corrected chi connectivity index (χ4v) is 5.59. The van der Waals surface area contributed by atoms with Crippen LogP contribution in [0.2, 0.25) is 0 Å². The van der Waals surface area contributed by atoms with Gasteiger partial charge >= 0.3 is 0 Å². The number of anilines is 1. The molecule has 1 saturated heterocycles. The minimum Gasteiger partial charge on any atom is -0.326 e. The van der Waals surface area contributed by atoms with Crippen LogP contribution < -0.4 is 5.32 Å². The van der Waals surface area contributed by atoms with Crippen molar-refractivity contribution in [2.75, 3.05) is 18.4 Å². The molecule has 0 aliphatic carbocycles. The highest BCUT2D eigenvalue weighted by Crippen LogP contribution is 2.27. The normalized spacial score (nSPS) is 15.4. The third-order valence-electron chi connectivity index (χ3n) is 5.79. The first-order valence-corrected chi connectivity index (χ1v) is 12.1. The molecule has 11 heteroatoms. The molecule has 0 radical (unpaired) electrons. The van der Waals surface area contributed by atoms with Gasteiger partial charge in [0.05, 0.1) is 5.69 Å². The zero-order chi connectivity index (χ0) is 24.6. The first-order chi connectivity index (χ1) is 16.1. The molecule has 1 aliphatic rings. The highest BCUT2D eigenvalue weighted by atomic mass is 32.2. The van der Waals surface area contributed by atoms with Gasteiger partial charge in [0, 0.05) is 30.4 Å². The molecule has 1 aromatic heterocycles. The van der Waals surface area contributed by atoms with Gasteiger partial charge in [-0.3, -0.25) is 4.79 Å². The Hall–Kier alpha value is -3.18. The molecule has 34 heavy (non-hydrogen) atoms. The van der Waals surface area contributed by atoms with Crippen LogP contribution in [0.3, 0.4) is 0 Å². The summed E-state index contributed by atoms with van der Waals surface area (Å²) in [5, 5.41) is 6.92. The van der Waals surface area contributed by atoms with Crippen molar-refractivity contribution in [3.05, 3.63) is 71.3 Å². The number of piperidine rings is 1. The average Bonchev–Trinajstić information content (AvgIpc) is 3.13. The fourth-order valence-electron chi connectivity index (χ4n) is 4.05. The molecule has 0 bridgehead atoms. The monoisotopic (exact) mass is 492 g/mol. The maximum absolute atomic E-state index is 14.7. The largest absolute Gasteiger partial charge is 0.326 e. The van der Waals surface area contributed by atoms with E-state index in [1.165, 1.54) is 16.8 Å². The fraction of sp³-hybridized carbons (Fsp3) is 0.304. The van der Waals surface area contributed by atoms with Crippen LogP contribution in [-0.2, 0) is 14.8 Å². The number of nitrogens with one attached hydrogen (secondary N) is 1. The number of carbonyl (C=O) groups excluding carboxylic acids is 1. The number of benzene rings is 2. The molecule has 180 valence electrons. The summed E-state index contributed by atoms with van der Waals surface area (Å²) in [7, 11) is -4.23. The standard InChI is InChI=1S/C23H23F3N4O3S/c1-14-11-15(2)30(28-14)21-6-4-18(13-20(21)26)27-23(31)16-7-9-29(10-8-16)34(32,33)22-12-17(24)3-5-19(22)25/h3-6,11-13,16H,7-10H2,1-2H3,(H,27,31). The Kier molecular flexibility index (Phi) is 6.50. The van der Waals surface area contributed by atoms with Gasteiger partial charge in [-0.25, -0.2) is 26.3 Å². The van der Waals surface area contributed by atoms with E-state index in [0.29, 0.717) is 6.07 Å². The maximum Gasteiger partial charge on any atom is 0.246 e. The first kappa shape index (κ1) is 24.0. The molecule has 2 aromatic carbocycles. The Morgan fingerprint density at radius 2 is 1.71 bits per heavy atom. The van der Waals surface area contributed by atoms with Crippen molar-refractivity contribution in [2.24, 2.45) is 5.92 Å². The lowest BCUT2D eigenvalue weighted by atomic mass is 9.97. The highest BCUT2D eigenvalue weighted by molar-refractivity contribution is 7.89. The van der Waals surface area contributed by atoms with Crippen LogP contribution in [-0.4, -0.2) is 41.5 Å². The maximum atomic E-state index is 14.7. The van der Waals surface area contributed by atoms with Crippen molar-refractivity contribution >= 4 is 21.6 Å². The summed E-state index contributed by atoms with van der Waals surface area (Å²) in [5.41, 5.74) is 2.05. The van der Waals surface area contributed by atoms with Gasteiger partial charge in [0.1, 0.15) is 22.2 Å². The van der Waals surface area contributed by atoms with Crippen LogP contribution in [0, 0.1) is 37.2 Å². The van der Waals surface area contributed by atoms with Gasteiger partial charge < -0.3 is 5.32 Å². The summed E-state index contributed by atoms with van der Waals surface area (Å²) in [6.45, 7) is 3.56. The van der Waals surface area contributed by atoms with E-state index in [2.05, 4.69) is 10.4 Å². The number of hydrogen-bond donors (Lipinski definition) is 1. The molecule has 1 fully saturated rings. The second-order valence-corrected chi connectivity index (χ2v) is 10.2. The zero-order valence-electron chi connectivity index (χ0n) is 18.6. The Balaban J connectivity index is 1.41. The molecular weight excluding hydrogens is 469 g/mol. The van der Waals surface area contributed by atoms with E-state index in [4.69, 9.17) is 0 Å². The predicted octanol–water partition coefficient (Wildman–Crippen LogP) is 3.95. The number of halogens is 3. The molecule has 7 nitrogen and oxygen atoms in total. The third-order valence-corrected chi connectivity index (χ3v) is 7.70. The van der Waals surface area contributed by atoms with Crippen LogP contribution >= 0.6 is 0 Å². The molecule has 1 N–H and O–H groups in total. The van der Waals surface area contributed by atoms with Crippen LogP contribution in [0.1, 0.15) is 24.2 Å². The quantitative estimate of drug-likeness (QED) is 0.585. The average molecular weight is 493 g/mol. The van der Waals surface area contributed by atoms with Gasteiger partial charge in [-0.2, -0.15) is 9.40 Å². The van der Waals surface area contributed by atoms with E-state index >= 15 is 0 Å². The molecule has 2 heterocycles.